The third-order valence-corrected chi connectivity index (χ3v) is 7.97. The van der Waals surface area contributed by atoms with Gasteiger partial charge < -0.3 is 14.0 Å². The van der Waals surface area contributed by atoms with Crippen LogP contribution < -0.4 is 0 Å². The SMILES string of the molecule is CCOC(=O)CSCC(=O)c1cc(C)n(-c2cccc(S(=O)(=O)N3CCOCC3)c2)c1C. The number of hydrogen-bond acceptors (Lipinski definition) is 7. The lowest BCUT2D eigenvalue weighted by atomic mass is 10.2. The fraction of sp³-hybridized carbons (Fsp3) is 0.455. The van der Waals surface area contributed by atoms with Crippen LogP contribution in [0.25, 0.3) is 5.69 Å². The number of carbonyl (C=O) groups excluding carboxylic acids is 2. The number of aryl methyl sites for hydroxylation is 1. The van der Waals surface area contributed by atoms with Crippen LogP contribution in [0.4, 0.5) is 0 Å². The van der Waals surface area contributed by atoms with Gasteiger partial charge in [0, 0.05) is 35.7 Å². The van der Waals surface area contributed by atoms with Crippen molar-refractivity contribution in [3.8, 4) is 5.69 Å². The molecule has 8 nitrogen and oxygen atoms in total. The Hall–Kier alpha value is -2.14. The van der Waals surface area contributed by atoms with Gasteiger partial charge in [0.25, 0.3) is 0 Å². The first-order valence-electron chi connectivity index (χ1n) is 10.4. The minimum absolute atomic E-state index is 0.0873. The number of morpholine rings is 1. The largest absolute Gasteiger partial charge is 0.465 e. The number of esters is 1. The third-order valence-electron chi connectivity index (χ3n) is 5.17. The number of ether oxygens (including phenoxy) is 2. The van der Waals surface area contributed by atoms with Gasteiger partial charge in [0.15, 0.2) is 5.78 Å². The third kappa shape index (κ3) is 5.43. The molecule has 1 aliphatic rings. The van der Waals surface area contributed by atoms with Gasteiger partial charge in [-0.1, -0.05) is 6.07 Å². The zero-order valence-electron chi connectivity index (χ0n) is 18.5. The standard InChI is InChI=1S/C22H28N2O6S2/c1-4-30-22(26)15-31-14-21(25)20-12-16(2)24(17(20)3)18-6-5-7-19(13-18)32(27,28)23-8-10-29-11-9-23/h5-7,12-13H,4,8-11,14-15H2,1-3H3. The second-order valence-electron chi connectivity index (χ2n) is 7.36. The summed E-state index contributed by atoms with van der Waals surface area (Å²) in [6.45, 7) is 7.19. The average Bonchev–Trinajstić information content (AvgIpc) is 3.08. The Morgan fingerprint density at radius 2 is 1.84 bits per heavy atom. The molecule has 3 rings (SSSR count). The summed E-state index contributed by atoms with van der Waals surface area (Å²) in [4.78, 5) is 24.4. The molecule has 174 valence electrons. The highest BCUT2D eigenvalue weighted by Crippen LogP contribution is 2.25. The number of benzene rings is 1. The molecule has 0 unspecified atom stereocenters. The van der Waals surface area contributed by atoms with E-state index < -0.39 is 10.0 Å². The monoisotopic (exact) mass is 480 g/mol. The lowest BCUT2D eigenvalue weighted by Crippen LogP contribution is -2.40. The molecule has 2 aromatic rings. The molecule has 32 heavy (non-hydrogen) atoms. The fourth-order valence-electron chi connectivity index (χ4n) is 3.67. The number of aromatic nitrogens is 1. The summed E-state index contributed by atoms with van der Waals surface area (Å²) >= 11 is 1.22. The Bertz CT molecular complexity index is 1090. The molecule has 1 aliphatic heterocycles. The number of Topliss-reactive ketones (excluding diaryl/α,β-unsaturated/α-hetero) is 1. The first-order valence-corrected chi connectivity index (χ1v) is 13.0. The zero-order valence-corrected chi connectivity index (χ0v) is 20.1. The summed E-state index contributed by atoms with van der Waals surface area (Å²) in [7, 11) is -3.63. The van der Waals surface area contributed by atoms with Crippen molar-refractivity contribution < 1.29 is 27.5 Å². The van der Waals surface area contributed by atoms with E-state index in [0.29, 0.717) is 44.2 Å². The molecular weight excluding hydrogens is 452 g/mol. The maximum Gasteiger partial charge on any atom is 0.315 e. The van der Waals surface area contributed by atoms with Crippen molar-refractivity contribution in [3.05, 3.63) is 47.3 Å². The van der Waals surface area contributed by atoms with Crippen molar-refractivity contribution in [2.24, 2.45) is 0 Å². The minimum Gasteiger partial charge on any atom is -0.465 e. The normalized spacial score (nSPS) is 15.0. The highest BCUT2D eigenvalue weighted by Gasteiger charge is 2.27. The summed E-state index contributed by atoms with van der Waals surface area (Å²) < 4.78 is 39.5. The van der Waals surface area contributed by atoms with Crippen molar-refractivity contribution in [2.45, 2.75) is 25.7 Å². The van der Waals surface area contributed by atoms with Crippen LogP contribution in [0.5, 0.6) is 0 Å². The molecule has 1 aromatic carbocycles. The van der Waals surface area contributed by atoms with Crippen LogP contribution in [0.3, 0.4) is 0 Å². The van der Waals surface area contributed by atoms with Crippen LogP contribution in [0.2, 0.25) is 0 Å². The second kappa shape index (κ2) is 10.7. The molecule has 0 aliphatic carbocycles. The van der Waals surface area contributed by atoms with Crippen LogP contribution in [0, 0.1) is 13.8 Å². The average molecular weight is 481 g/mol. The number of hydrogen-bond donors (Lipinski definition) is 0. The van der Waals surface area contributed by atoms with Crippen molar-refractivity contribution in [2.75, 3.05) is 44.4 Å². The van der Waals surface area contributed by atoms with Crippen LogP contribution in [0.15, 0.2) is 35.2 Å². The maximum absolute atomic E-state index is 13.0. The van der Waals surface area contributed by atoms with E-state index in [1.54, 1.807) is 31.2 Å². The Balaban J connectivity index is 1.82. The predicted octanol–water partition coefficient (Wildman–Crippen LogP) is 2.59. The molecule has 0 spiro atoms. The maximum atomic E-state index is 13.0. The van der Waals surface area contributed by atoms with E-state index in [4.69, 9.17) is 9.47 Å². The van der Waals surface area contributed by atoms with Crippen molar-refractivity contribution in [3.63, 3.8) is 0 Å². The Morgan fingerprint density at radius 1 is 1.12 bits per heavy atom. The molecule has 0 radical (unpaired) electrons. The second-order valence-corrected chi connectivity index (χ2v) is 10.3. The van der Waals surface area contributed by atoms with E-state index >= 15 is 0 Å². The van der Waals surface area contributed by atoms with Gasteiger partial charge in [-0.15, -0.1) is 11.8 Å². The van der Waals surface area contributed by atoms with E-state index in [1.165, 1.54) is 16.1 Å². The lowest BCUT2D eigenvalue weighted by molar-refractivity contribution is -0.139. The first-order chi connectivity index (χ1) is 15.3. The van der Waals surface area contributed by atoms with E-state index in [0.717, 1.165) is 11.4 Å². The molecule has 0 atom stereocenters. The smallest absolute Gasteiger partial charge is 0.315 e. The van der Waals surface area contributed by atoms with E-state index in [-0.39, 0.29) is 28.2 Å². The number of sulfonamides is 1. The summed E-state index contributed by atoms with van der Waals surface area (Å²) in [6, 6.07) is 8.54. The van der Waals surface area contributed by atoms with Gasteiger partial charge in [-0.25, -0.2) is 8.42 Å². The molecule has 0 amide bonds. The lowest BCUT2D eigenvalue weighted by Gasteiger charge is -2.26. The van der Waals surface area contributed by atoms with Gasteiger partial charge in [-0.3, -0.25) is 9.59 Å². The molecule has 0 bridgehead atoms. The van der Waals surface area contributed by atoms with Gasteiger partial charge in [0.2, 0.25) is 10.0 Å². The summed E-state index contributed by atoms with van der Waals surface area (Å²) in [5.74, 6) is -0.140. The topological polar surface area (TPSA) is 94.9 Å². The molecule has 1 fully saturated rings. The van der Waals surface area contributed by atoms with E-state index in [9.17, 15) is 18.0 Å². The first kappa shape index (κ1) is 24.5. The fourth-order valence-corrected chi connectivity index (χ4v) is 5.81. The Labute approximate surface area is 192 Å². The van der Waals surface area contributed by atoms with Gasteiger partial charge in [0.1, 0.15) is 0 Å². The number of nitrogens with zero attached hydrogens (tertiary/aromatic N) is 2. The highest BCUT2D eigenvalue weighted by molar-refractivity contribution is 8.00. The van der Waals surface area contributed by atoms with Crippen LogP contribution >= 0.6 is 11.8 Å². The van der Waals surface area contributed by atoms with E-state index in [2.05, 4.69) is 0 Å². The van der Waals surface area contributed by atoms with Crippen LogP contribution in [-0.2, 0) is 24.3 Å². The molecular formula is C22H28N2O6S2. The van der Waals surface area contributed by atoms with Crippen molar-refractivity contribution >= 4 is 33.5 Å². The Kier molecular flexibility index (Phi) is 8.16. The zero-order chi connectivity index (χ0) is 23.3. The van der Waals surface area contributed by atoms with E-state index in [1.807, 2.05) is 24.5 Å². The number of ketones is 1. The number of rotatable bonds is 9. The number of carbonyl (C=O) groups is 2. The van der Waals surface area contributed by atoms with Crippen molar-refractivity contribution in [1.29, 1.82) is 0 Å². The number of thioether (sulfide) groups is 1. The van der Waals surface area contributed by atoms with Gasteiger partial charge in [-0.05, 0) is 45.0 Å². The predicted molar refractivity (Wildman–Crippen MR) is 123 cm³/mol. The Morgan fingerprint density at radius 3 is 2.53 bits per heavy atom. The molecule has 0 N–H and O–H groups in total. The van der Waals surface area contributed by atoms with Crippen LogP contribution in [-0.4, -0.2) is 73.5 Å². The summed E-state index contributed by atoms with van der Waals surface area (Å²) in [5.41, 5.74) is 2.78. The van der Waals surface area contributed by atoms with Crippen LogP contribution in [0.1, 0.15) is 28.7 Å². The van der Waals surface area contributed by atoms with Gasteiger partial charge in [0.05, 0.1) is 36.2 Å². The summed E-state index contributed by atoms with van der Waals surface area (Å²) in [5, 5.41) is 0. The minimum atomic E-state index is -3.63. The molecule has 1 saturated heterocycles. The quantitative estimate of drug-likeness (QED) is 0.402. The van der Waals surface area contributed by atoms with Gasteiger partial charge in [-0.2, -0.15) is 4.31 Å². The molecule has 0 saturated carbocycles. The molecule has 1 aromatic heterocycles. The highest BCUT2D eigenvalue weighted by atomic mass is 32.2. The summed E-state index contributed by atoms with van der Waals surface area (Å²) in [6.07, 6.45) is 0. The molecule has 10 heteroatoms. The van der Waals surface area contributed by atoms with Crippen molar-refractivity contribution in [1.82, 2.24) is 8.87 Å². The molecule has 2 heterocycles. The van der Waals surface area contributed by atoms with Gasteiger partial charge >= 0.3 is 5.97 Å².